The lowest BCUT2D eigenvalue weighted by Crippen LogP contribution is -2.20. The van der Waals surface area contributed by atoms with Crippen molar-refractivity contribution in [3.8, 4) is 0 Å². The summed E-state index contributed by atoms with van der Waals surface area (Å²) in [5, 5.41) is 3.53. The number of nitrogens with one attached hydrogen (secondary N) is 1. The Bertz CT molecular complexity index is 506. The van der Waals surface area contributed by atoms with E-state index >= 15 is 0 Å². The predicted molar refractivity (Wildman–Crippen MR) is 67.6 cm³/mol. The molecule has 1 unspecified atom stereocenters. The minimum absolute atomic E-state index is 0.0279. The van der Waals surface area contributed by atoms with E-state index in [0.717, 1.165) is 5.69 Å². The molecule has 16 heavy (non-hydrogen) atoms. The first kappa shape index (κ1) is 12.1. The number of anilines is 1. The van der Waals surface area contributed by atoms with Crippen LogP contribution in [0, 0.1) is 0 Å². The summed E-state index contributed by atoms with van der Waals surface area (Å²) in [6, 6.07) is 1.76. The van der Waals surface area contributed by atoms with Crippen molar-refractivity contribution in [1.82, 2.24) is 4.98 Å². The van der Waals surface area contributed by atoms with Crippen LogP contribution in [0.4, 0.5) is 5.69 Å². The van der Waals surface area contributed by atoms with Gasteiger partial charge in [-0.1, -0.05) is 11.6 Å². The average molecular weight is 326 g/mol. The van der Waals surface area contributed by atoms with Crippen LogP contribution in [-0.2, 0) is 9.84 Å². The summed E-state index contributed by atoms with van der Waals surface area (Å²) < 4.78 is 23.2. The van der Waals surface area contributed by atoms with E-state index in [4.69, 9.17) is 11.6 Å². The van der Waals surface area contributed by atoms with Crippen molar-refractivity contribution in [2.75, 3.05) is 16.8 Å². The van der Waals surface area contributed by atoms with Gasteiger partial charge in [0.2, 0.25) is 0 Å². The van der Waals surface area contributed by atoms with E-state index in [1.54, 1.807) is 12.3 Å². The molecule has 4 nitrogen and oxygen atoms in total. The van der Waals surface area contributed by atoms with Crippen molar-refractivity contribution >= 4 is 43.1 Å². The van der Waals surface area contributed by atoms with Gasteiger partial charge in [-0.25, -0.2) is 13.4 Å². The molecular weight excluding hydrogens is 316 g/mol. The van der Waals surface area contributed by atoms with Crippen LogP contribution in [0.5, 0.6) is 0 Å². The van der Waals surface area contributed by atoms with Crippen LogP contribution in [0.3, 0.4) is 0 Å². The first-order valence-electron chi connectivity index (χ1n) is 4.74. The largest absolute Gasteiger partial charge is 0.380 e. The van der Waals surface area contributed by atoms with E-state index in [2.05, 4.69) is 26.2 Å². The number of rotatable bonds is 2. The lowest BCUT2D eigenvalue weighted by atomic mass is 10.2. The normalized spacial score (nSPS) is 23.2. The predicted octanol–water partition coefficient (Wildman–Crippen LogP) is 2.10. The highest BCUT2D eigenvalue weighted by atomic mass is 79.9. The van der Waals surface area contributed by atoms with Crippen molar-refractivity contribution in [2.45, 2.75) is 12.5 Å². The Morgan fingerprint density at radius 1 is 1.56 bits per heavy atom. The van der Waals surface area contributed by atoms with Crippen molar-refractivity contribution in [2.24, 2.45) is 0 Å². The maximum atomic E-state index is 11.3. The molecular formula is C9H10BrClN2O2S. The first-order valence-corrected chi connectivity index (χ1v) is 7.73. The third-order valence-electron chi connectivity index (χ3n) is 2.40. The average Bonchev–Trinajstić information content (AvgIpc) is 2.52. The van der Waals surface area contributed by atoms with E-state index in [-0.39, 0.29) is 17.5 Å². The Hall–Kier alpha value is -0.330. The van der Waals surface area contributed by atoms with Crippen molar-refractivity contribution in [3.63, 3.8) is 0 Å². The quantitative estimate of drug-likeness (QED) is 0.846. The zero-order valence-electron chi connectivity index (χ0n) is 8.28. The molecule has 7 heteroatoms. The maximum absolute atomic E-state index is 11.3. The highest BCUT2D eigenvalue weighted by molar-refractivity contribution is 9.10. The second kappa shape index (κ2) is 4.50. The molecule has 0 aromatic carbocycles. The van der Waals surface area contributed by atoms with Crippen LogP contribution >= 0.6 is 27.5 Å². The van der Waals surface area contributed by atoms with E-state index in [1.807, 2.05) is 0 Å². The Morgan fingerprint density at radius 3 is 2.88 bits per heavy atom. The molecule has 0 aliphatic carbocycles. The number of aromatic nitrogens is 1. The molecule has 1 aliphatic rings. The number of nitrogens with zero attached hydrogens (tertiary/aromatic N) is 1. The van der Waals surface area contributed by atoms with Gasteiger partial charge in [-0.05, 0) is 28.4 Å². The van der Waals surface area contributed by atoms with E-state index in [0.29, 0.717) is 16.0 Å². The van der Waals surface area contributed by atoms with E-state index in [9.17, 15) is 8.42 Å². The molecule has 0 radical (unpaired) electrons. The fourth-order valence-electron chi connectivity index (χ4n) is 1.64. The van der Waals surface area contributed by atoms with Crippen molar-refractivity contribution in [3.05, 3.63) is 21.9 Å². The van der Waals surface area contributed by atoms with Gasteiger partial charge in [0, 0.05) is 6.04 Å². The summed E-state index contributed by atoms with van der Waals surface area (Å²) in [6.07, 6.45) is 2.24. The summed E-state index contributed by atoms with van der Waals surface area (Å²) >= 11 is 9.03. The highest BCUT2D eigenvalue weighted by Crippen LogP contribution is 2.24. The van der Waals surface area contributed by atoms with Gasteiger partial charge in [-0.2, -0.15) is 0 Å². The molecule has 1 N–H and O–H groups in total. The molecule has 1 atom stereocenters. The second-order valence-electron chi connectivity index (χ2n) is 3.74. The van der Waals surface area contributed by atoms with Gasteiger partial charge < -0.3 is 5.32 Å². The number of sulfone groups is 1. The summed E-state index contributed by atoms with van der Waals surface area (Å²) in [5.74, 6) is 0.445. The van der Waals surface area contributed by atoms with Gasteiger partial charge in [-0.15, -0.1) is 0 Å². The second-order valence-corrected chi connectivity index (χ2v) is 7.18. The van der Waals surface area contributed by atoms with Gasteiger partial charge in [0.1, 0.15) is 5.15 Å². The Morgan fingerprint density at radius 2 is 2.31 bits per heavy atom. The molecule has 0 spiro atoms. The molecule has 1 fully saturated rings. The smallest absolute Gasteiger partial charge is 0.152 e. The first-order chi connectivity index (χ1) is 7.46. The number of pyridine rings is 1. The van der Waals surface area contributed by atoms with Gasteiger partial charge in [-0.3, -0.25) is 0 Å². The number of hydrogen-bond acceptors (Lipinski definition) is 4. The van der Waals surface area contributed by atoms with Crippen LogP contribution in [-0.4, -0.2) is 30.9 Å². The van der Waals surface area contributed by atoms with Crippen molar-refractivity contribution in [1.29, 1.82) is 0 Å². The maximum Gasteiger partial charge on any atom is 0.152 e. The molecule has 1 saturated heterocycles. The molecule has 0 amide bonds. The summed E-state index contributed by atoms with van der Waals surface area (Å²) in [6.45, 7) is 0. The fourth-order valence-corrected chi connectivity index (χ4v) is 3.77. The Kier molecular flexibility index (Phi) is 3.42. The molecule has 0 bridgehead atoms. The van der Waals surface area contributed by atoms with Crippen LogP contribution < -0.4 is 5.32 Å². The fraction of sp³-hybridized carbons (Fsp3) is 0.444. The third-order valence-corrected chi connectivity index (χ3v) is 5.30. The standard InChI is InChI=1S/C9H10BrClN2O2S/c10-8-3-7(4-12-9(8)11)13-6-1-2-16(14,15)5-6/h3-4,6,13H,1-2,5H2. The van der Waals surface area contributed by atoms with Gasteiger partial charge in [0.25, 0.3) is 0 Å². The van der Waals surface area contributed by atoms with Crippen LogP contribution in [0.2, 0.25) is 5.15 Å². The summed E-state index contributed by atoms with van der Waals surface area (Å²) in [4.78, 5) is 3.96. The Balaban J connectivity index is 2.08. The molecule has 88 valence electrons. The van der Waals surface area contributed by atoms with Crippen LogP contribution in [0.1, 0.15) is 6.42 Å². The van der Waals surface area contributed by atoms with E-state index in [1.165, 1.54) is 0 Å². The highest BCUT2D eigenvalue weighted by Gasteiger charge is 2.27. The summed E-state index contributed by atoms with van der Waals surface area (Å²) in [7, 11) is -2.85. The molecule has 2 rings (SSSR count). The van der Waals surface area contributed by atoms with Crippen LogP contribution in [0.25, 0.3) is 0 Å². The van der Waals surface area contributed by atoms with Gasteiger partial charge >= 0.3 is 0 Å². The lowest BCUT2D eigenvalue weighted by molar-refractivity contribution is 0.602. The molecule has 1 aliphatic heterocycles. The van der Waals surface area contributed by atoms with E-state index < -0.39 is 9.84 Å². The lowest BCUT2D eigenvalue weighted by Gasteiger charge is -2.12. The minimum atomic E-state index is -2.85. The molecule has 2 heterocycles. The van der Waals surface area contributed by atoms with Crippen LogP contribution in [0.15, 0.2) is 16.7 Å². The minimum Gasteiger partial charge on any atom is -0.380 e. The SMILES string of the molecule is O=S1(=O)CCC(Nc2cnc(Cl)c(Br)c2)C1. The monoisotopic (exact) mass is 324 g/mol. The molecule has 0 saturated carbocycles. The Labute approximate surface area is 107 Å². The number of halogens is 2. The zero-order valence-corrected chi connectivity index (χ0v) is 11.4. The summed E-state index contributed by atoms with van der Waals surface area (Å²) in [5.41, 5.74) is 0.776. The topological polar surface area (TPSA) is 59.1 Å². The number of hydrogen-bond donors (Lipinski definition) is 1. The van der Waals surface area contributed by atoms with Crippen molar-refractivity contribution < 1.29 is 8.42 Å². The molecule has 1 aromatic rings. The van der Waals surface area contributed by atoms with Gasteiger partial charge in [0.15, 0.2) is 9.84 Å². The molecule has 1 aromatic heterocycles. The van der Waals surface area contributed by atoms with Gasteiger partial charge in [0.05, 0.1) is 27.9 Å². The third kappa shape index (κ3) is 2.87. The zero-order chi connectivity index (χ0) is 11.8.